The summed E-state index contributed by atoms with van der Waals surface area (Å²) in [6, 6.07) is 5.00. The zero-order valence-electron chi connectivity index (χ0n) is 13.0. The largest absolute Gasteiger partial charge is 0.365 e. The number of nitrogens with two attached hydrogens (primary N) is 1. The molecule has 1 aromatic heterocycles. The molecule has 2 N–H and O–H groups in total. The summed E-state index contributed by atoms with van der Waals surface area (Å²) in [6.45, 7) is 14.6. The predicted octanol–water partition coefficient (Wildman–Crippen LogP) is 2.15. The number of aromatic nitrogens is 1. The summed E-state index contributed by atoms with van der Waals surface area (Å²) in [4.78, 5) is 9.24. The van der Waals surface area contributed by atoms with Crippen molar-refractivity contribution >= 4 is 5.82 Å². The van der Waals surface area contributed by atoms with Gasteiger partial charge in [-0.2, -0.15) is 0 Å². The summed E-state index contributed by atoms with van der Waals surface area (Å²) < 4.78 is 0. The minimum absolute atomic E-state index is 0.00366. The summed E-state index contributed by atoms with van der Waals surface area (Å²) in [6.07, 6.45) is 1.93. The zero-order chi connectivity index (χ0) is 14.9. The number of anilines is 1. The van der Waals surface area contributed by atoms with E-state index in [0.717, 1.165) is 24.6 Å². The average Bonchev–Trinajstić information content (AvgIpc) is 2.38. The van der Waals surface area contributed by atoms with Gasteiger partial charge in [-0.15, -0.1) is 0 Å². The van der Waals surface area contributed by atoms with Crippen LogP contribution in [0.15, 0.2) is 30.6 Å². The monoisotopic (exact) mass is 274 g/mol. The second kappa shape index (κ2) is 5.83. The molecule has 4 heteroatoms. The Hall–Kier alpha value is -1.55. The number of hydrogen-bond donors (Lipinski definition) is 1. The van der Waals surface area contributed by atoms with Crippen LogP contribution in [-0.4, -0.2) is 41.1 Å². The van der Waals surface area contributed by atoms with Crippen LogP contribution in [0.5, 0.6) is 0 Å². The van der Waals surface area contributed by atoms with Gasteiger partial charge in [0.2, 0.25) is 0 Å². The maximum absolute atomic E-state index is 5.99. The first-order chi connectivity index (χ1) is 9.40. The van der Waals surface area contributed by atoms with Crippen molar-refractivity contribution in [2.24, 2.45) is 5.73 Å². The van der Waals surface area contributed by atoms with E-state index < -0.39 is 0 Å². The maximum atomic E-state index is 5.99. The zero-order valence-corrected chi connectivity index (χ0v) is 13.0. The molecule has 0 saturated carbocycles. The highest BCUT2D eigenvalue weighted by molar-refractivity contribution is 5.40. The van der Waals surface area contributed by atoms with Gasteiger partial charge >= 0.3 is 0 Å². The van der Waals surface area contributed by atoms with Crippen LogP contribution in [-0.2, 0) is 0 Å². The standard InChI is InChI=1S/C16H26N4/c1-11-6-7-16(18-8-11)19-9-12(2)20(13(3)10-19)15(5)14(4)17/h6-8,12-14H,5,9-10,17H2,1-4H3. The SMILES string of the molecule is C=C(C(C)N)N1C(C)CN(c2ccc(C)cn2)CC1C. The smallest absolute Gasteiger partial charge is 0.128 e. The molecular formula is C16H26N4. The van der Waals surface area contributed by atoms with Gasteiger partial charge in [-0.3, -0.25) is 0 Å². The number of pyridine rings is 1. The van der Waals surface area contributed by atoms with E-state index in [2.05, 4.69) is 54.3 Å². The van der Waals surface area contributed by atoms with Gasteiger partial charge in [-0.1, -0.05) is 12.6 Å². The van der Waals surface area contributed by atoms with Crippen molar-refractivity contribution in [2.45, 2.75) is 45.8 Å². The highest BCUT2D eigenvalue weighted by Crippen LogP contribution is 2.24. The molecule has 1 saturated heterocycles. The van der Waals surface area contributed by atoms with E-state index in [0.29, 0.717) is 12.1 Å². The van der Waals surface area contributed by atoms with Gasteiger partial charge in [-0.25, -0.2) is 4.98 Å². The Kier molecular flexibility index (Phi) is 4.33. The summed E-state index contributed by atoms with van der Waals surface area (Å²) in [7, 11) is 0. The fraction of sp³-hybridized carbons (Fsp3) is 0.562. The Bertz CT molecular complexity index is 454. The van der Waals surface area contributed by atoms with Gasteiger partial charge in [0.25, 0.3) is 0 Å². The topological polar surface area (TPSA) is 45.4 Å². The first-order valence-electron chi connectivity index (χ1n) is 7.30. The van der Waals surface area contributed by atoms with Crippen molar-refractivity contribution < 1.29 is 0 Å². The van der Waals surface area contributed by atoms with Crippen molar-refractivity contribution in [3.63, 3.8) is 0 Å². The number of hydrogen-bond acceptors (Lipinski definition) is 4. The molecule has 0 aliphatic carbocycles. The molecule has 2 rings (SSSR count). The Morgan fingerprint density at radius 2 is 1.95 bits per heavy atom. The van der Waals surface area contributed by atoms with Crippen LogP contribution in [0.3, 0.4) is 0 Å². The average molecular weight is 274 g/mol. The third-order valence-electron chi connectivity index (χ3n) is 4.00. The molecule has 3 atom stereocenters. The molecule has 20 heavy (non-hydrogen) atoms. The van der Waals surface area contributed by atoms with Gasteiger partial charge in [0.05, 0.1) is 0 Å². The lowest BCUT2D eigenvalue weighted by molar-refractivity contribution is 0.170. The molecule has 110 valence electrons. The van der Waals surface area contributed by atoms with Crippen LogP contribution in [0, 0.1) is 6.92 Å². The van der Waals surface area contributed by atoms with Crippen LogP contribution in [0.1, 0.15) is 26.3 Å². The maximum Gasteiger partial charge on any atom is 0.128 e. The van der Waals surface area contributed by atoms with Crippen molar-refractivity contribution in [1.82, 2.24) is 9.88 Å². The van der Waals surface area contributed by atoms with Crippen molar-refractivity contribution in [1.29, 1.82) is 0 Å². The fourth-order valence-electron chi connectivity index (χ4n) is 2.96. The molecular weight excluding hydrogens is 248 g/mol. The minimum Gasteiger partial charge on any atom is -0.365 e. The quantitative estimate of drug-likeness (QED) is 0.917. The highest BCUT2D eigenvalue weighted by atomic mass is 15.3. The Morgan fingerprint density at radius 1 is 1.35 bits per heavy atom. The van der Waals surface area contributed by atoms with E-state index in [-0.39, 0.29) is 6.04 Å². The van der Waals surface area contributed by atoms with Crippen LogP contribution < -0.4 is 10.6 Å². The molecule has 1 aromatic rings. The molecule has 0 radical (unpaired) electrons. The Labute approximate surface area is 122 Å². The molecule has 1 fully saturated rings. The molecule has 3 unspecified atom stereocenters. The van der Waals surface area contributed by atoms with E-state index in [1.54, 1.807) is 0 Å². The van der Waals surface area contributed by atoms with E-state index >= 15 is 0 Å². The first kappa shape index (κ1) is 14.9. The number of rotatable bonds is 3. The third-order valence-corrected chi connectivity index (χ3v) is 4.00. The van der Waals surface area contributed by atoms with Crippen molar-refractivity contribution in [3.05, 3.63) is 36.2 Å². The third kappa shape index (κ3) is 2.96. The predicted molar refractivity (Wildman–Crippen MR) is 84.7 cm³/mol. The normalized spacial score (nSPS) is 24.6. The molecule has 2 heterocycles. The van der Waals surface area contributed by atoms with Gasteiger partial charge < -0.3 is 15.5 Å². The molecule has 0 bridgehead atoms. The van der Waals surface area contributed by atoms with E-state index in [4.69, 9.17) is 5.73 Å². The summed E-state index contributed by atoms with van der Waals surface area (Å²) >= 11 is 0. The van der Waals surface area contributed by atoms with E-state index in [9.17, 15) is 0 Å². The van der Waals surface area contributed by atoms with Crippen molar-refractivity contribution in [2.75, 3.05) is 18.0 Å². The molecule has 0 spiro atoms. The van der Waals surface area contributed by atoms with Gasteiger partial charge in [0.15, 0.2) is 0 Å². The van der Waals surface area contributed by atoms with Gasteiger partial charge in [0, 0.05) is 43.1 Å². The number of nitrogens with zero attached hydrogens (tertiary/aromatic N) is 3. The van der Waals surface area contributed by atoms with Gasteiger partial charge in [-0.05, 0) is 39.3 Å². The summed E-state index contributed by atoms with van der Waals surface area (Å²) in [5.41, 5.74) is 8.21. The minimum atomic E-state index is 0.00366. The Balaban J connectivity index is 2.13. The lowest BCUT2D eigenvalue weighted by atomic mass is 10.0. The van der Waals surface area contributed by atoms with E-state index in [1.165, 1.54) is 5.56 Å². The fourth-order valence-corrected chi connectivity index (χ4v) is 2.96. The Morgan fingerprint density at radius 3 is 2.40 bits per heavy atom. The van der Waals surface area contributed by atoms with Crippen LogP contribution in [0.4, 0.5) is 5.82 Å². The highest BCUT2D eigenvalue weighted by Gasteiger charge is 2.31. The second-order valence-corrected chi connectivity index (χ2v) is 5.98. The molecule has 4 nitrogen and oxygen atoms in total. The van der Waals surface area contributed by atoms with Crippen LogP contribution in [0.25, 0.3) is 0 Å². The van der Waals surface area contributed by atoms with Crippen LogP contribution in [0.2, 0.25) is 0 Å². The van der Waals surface area contributed by atoms with E-state index in [1.807, 2.05) is 13.1 Å². The summed E-state index contributed by atoms with van der Waals surface area (Å²) in [5, 5.41) is 0. The van der Waals surface area contributed by atoms with Crippen LogP contribution >= 0.6 is 0 Å². The lowest BCUT2D eigenvalue weighted by Crippen LogP contribution is -2.57. The first-order valence-corrected chi connectivity index (χ1v) is 7.30. The lowest BCUT2D eigenvalue weighted by Gasteiger charge is -2.47. The summed E-state index contributed by atoms with van der Waals surface area (Å²) in [5.74, 6) is 1.06. The molecule has 1 aliphatic heterocycles. The molecule has 1 aliphatic rings. The van der Waals surface area contributed by atoms with Crippen molar-refractivity contribution in [3.8, 4) is 0 Å². The second-order valence-electron chi connectivity index (χ2n) is 5.98. The van der Waals surface area contributed by atoms with Gasteiger partial charge in [0.1, 0.15) is 5.82 Å². The number of aryl methyl sites for hydroxylation is 1. The number of piperazine rings is 1. The molecule has 0 amide bonds. The molecule has 0 aromatic carbocycles.